The Hall–Kier alpha value is -1.30. The van der Waals surface area contributed by atoms with Crippen LogP contribution in [0.1, 0.15) is 27.7 Å². The van der Waals surface area contributed by atoms with Gasteiger partial charge in [-0.1, -0.05) is 0 Å². The summed E-state index contributed by atoms with van der Waals surface area (Å²) in [6.45, 7) is 6.21. The van der Waals surface area contributed by atoms with Crippen LogP contribution in [0, 0.1) is 0 Å². The second-order valence-electron chi connectivity index (χ2n) is 4.30. The van der Waals surface area contributed by atoms with Crippen molar-refractivity contribution in [1.29, 1.82) is 0 Å². The van der Waals surface area contributed by atoms with Crippen molar-refractivity contribution in [3.05, 3.63) is 0 Å². The van der Waals surface area contributed by atoms with Gasteiger partial charge in [0.05, 0.1) is 6.61 Å². The van der Waals surface area contributed by atoms with Crippen molar-refractivity contribution in [2.45, 2.75) is 39.3 Å². The van der Waals surface area contributed by atoms with Crippen molar-refractivity contribution in [2.75, 3.05) is 13.2 Å². The fourth-order valence-electron chi connectivity index (χ4n) is 1.11. The number of aliphatic hydroxyl groups excluding tert-OH is 1. The van der Waals surface area contributed by atoms with E-state index in [4.69, 9.17) is 14.9 Å². The Kier molecular flexibility index (Phi) is 5.23. The van der Waals surface area contributed by atoms with Gasteiger partial charge in [0.2, 0.25) is 0 Å². The maximum atomic E-state index is 11.6. The lowest BCUT2D eigenvalue weighted by molar-refractivity contribution is -0.144. The third kappa shape index (κ3) is 4.48. The second-order valence-corrected chi connectivity index (χ2v) is 4.30. The van der Waals surface area contributed by atoms with E-state index in [-0.39, 0.29) is 6.54 Å². The molecule has 0 saturated heterocycles. The molecule has 0 aliphatic heterocycles. The van der Waals surface area contributed by atoms with E-state index in [0.717, 1.165) is 4.90 Å². The van der Waals surface area contributed by atoms with Gasteiger partial charge < -0.3 is 14.9 Å². The summed E-state index contributed by atoms with van der Waals surface area (Å²) in [7, 11) is 0. The average Bonchev–Trinajstić information content (AvgIpc) is 2.09. The number of aliphatic hydroxyl groups is 1. The van der Waals surface area contributed by atoms with Crippen molar-refractivity contribution in [3.8, 4) is 0 Å². The zero-order valence-electron chi connectivity index (χ0n) is 10.1. The first-order valence-electron chi connectivity index (χ1n) is 5.06. The lowest BCUT2D eigenvalue weighted by atomic mass is 10.2. The molecule has 0 aromatic carbocycles. The van der Waals surface area contributed by atoms with E-state index in [1.165, 1.54) is 0 Å². The fourth-order valence-corrected chi connectivity index (χ4v) is 1.11. The number of ether oxygens (including phenoxy) is 1. The van der Waals surface area contributed by atoms with Crippen LogP contribution < -0.4 is 0 Å². The van der Waals surface area contributed by atoms with Crippen molar-refractivity contribution in [3.63, 3.8) is 0 Å². The van der Waals surface area contributed by atoms with Gasteiger partial charge in [-0.3, -0.25) is 4.90 Å². The number of amides is 1. The zero-order valence-corrected chi connectivity index (χ0v) is 10.1. The predicted octanol–water partition coefficient (Wildman–Crippen LogP) is 0.689. The number of likely N-dealkylation sites (N-methyl/N-ethyl adjacent to an activating group) is 1. The van der Waals surface area contributed by atoms with Gasteiger partial charge in [0, 0.05) is 6.54 Å². The predicted molar refractivity (Wildman–Crippen MR) is 57.1 cm³/mol. The molecule has 0 spiro atoms. The summed E-state index contributed by atoms with van der Waals surface area (Å²) in [5.74, 6) is -1.25. The Morgan fingerprint density at radius 1 is 1.38 bits per heavy atom. The standard InChI is InChI=1S/C10H19NO5/c1-5-11(7(6-12)8(13)14)9(15)16-10(2,3)4/h7,12H,5-6H2,1-4H3,(H,13,14). The minimum atomic E-state index is -1.26. The highest BCUT2D eigenvalue weighted by molar-refractivity contribution is 5.80. The smallest absolute Gasteiger partial charge is 0.411 e. The van der Waals surface area contributed by atoms with E-state index in [2.05, 4.69) is 0 Å². The Balaban J connectivity index is 4.71. The van der Waals surface area contributed by atoms with Crippen LogP contribution in [0.5, 0.6) is 0 Å². The first-order valence-corrected chi connectivity index (χ1v) is 5.06. The third-order valence-electron chi connectivity index (χ3n) is 1.80. The molecule has 0 aromatic heterocycles. The minimum Gasteiger partial charge on any atom is -0.480 e. The SMILES string of the molecule is CCN(C(=O)OC(C)(C)C)C(CO)C(=O)O. The summed E-state index contributed by atoms with van der Waals surface area (Å²) in [5, 5.41) is 17.7. The maximum absolute atomic E-state index is 11.6. The summed E-state index contributed by atoms with van der Waals surface area (Å²) in [6.07, 6.45) is -0.739. The van der Waals surface area contributed by atoms with Crippen molar-refractivity contribution in [2.24, 2.45) is 0 Å². The van der Waals surface area contributed by atoms with Crippen molar-refractivity contribution >= 4 is 12.1 Å². The number of carbonyl (C=O) groups excluding carboxylic acids is 1. The number of rotatable bonds is 4. The molecule has 0 aromatic rings. The Bertz CT molecular complexity index is 258. The summed E-state index contributed by atoms with van der Waals surface area (Å²) < 4.78 is 5.04. The van der Waals surface area contributed by atoms with E-state index in [9.17, 15) is 9.59 Å². The summed E-state index contributed by atoms with van der Waals surface area (Å²) in [4.78, 5) is 23.4. The topological polar surface area (TPSA) is 87.1 Å². The molecule has 1 unspecified atom stereocenters. The average molecular weight is 233 g/mol. The molecule has 0 aliphatic rings. The quantitative estimate of drug-likeness (QED) is 0.746. The van der Waals surface area contributed by atoms with Gasteiger partial charge in [-0.05, 0) is 27.7 Å². The number of carboxylic acid groups (broad SMARTS) is 1. The van der Waals surface area contributed by atoms with E-state index in [1.54, 1.807) is 27.7 Å². The highest BCUT2D eigenvalue weighted by atomic mass is 16.6. The van der Waals surface area contributed by atoms with Crippen LogP contribution in [0.25, 0.3) is 0 Å². The third-order valence-corrected chi connectivity index (χ3v) is 1.80. The van der Waals surface area contributed by atoms with Gasteiger partial charge in [0.15, 0.2) is 6.04 Å². The number of hydrogen-bond acceptors (Lipinski definition) is 4. The van der Waals surface area contributed by atoms with E-state index in [0.29, 0.717) is 0 Å². The molecule has 0 aliphatic carbocycles. The molecule has 0 rings (SSSR count). The molecular weight excluding hydrogens is 214 g/mol. The van der Waals surface area contributed by atoms with Gasteiger partial charge in [0.25, 0.3) is 0 Å². The highest BCUT2D eigenvalue weighted by Gasteiger charge is 2.31. The second kappa shape index (κ2) is 5.69. The first-order chi connectivity index (χ1) is 7.22. The van der Waals surface area contributed by atoms with Gasteiger partial charge in [0.1, 0.15) is 5.60 Å². The van der Waals surface area contributed by atoms with Crippen LogP contribution in [-0.4, -0.2) is 52.0 Å². The largest absolute Gasteiger partial charge is 0.480 e. The molecule has 0 heterocycles. The van der Waals surface area contributed by atoms with Crippen LogP contribution in [0.15, 0.2) is 0 Å². The van der Waals surface area contributed by atoms with E-state index < -0.39 is 30.3 Å². The maximum Gasteiger partial charge on any atom is 0.411 e. The number of hydrogen-bond donors (Lipinski definition) is 2. The molecular formula is C10H19NO5. The molecule has 2 N–H and O–H groups in total. The molecule has 16 heavy (non-hydrogen) atoms. The van der Waals surface area contributed by atoms with Gasteiger partial charge in [-0.2, -0.15) is 0 Å². The Morgan fingerprint density at radius 3 is 2.12 bits per heavy atom. The highest BCUT2D eigenvalue weighted by Crippen LogP contribution is 2.11. The Labute approximate surface area is 94.8 Å². The zero-order chi connectivity index (χ0) is 12.9. The van der Waals surface area contributed by atoms with Gasteiger partial charge in [-0.25, -0.2) is 9.59 Å². The number of nitrogens with zero attached hydrogens (tertiary/aromatic N) is 1. The fraction of sp³-hybridized carbons (Fsp3) is 0.800. The monoisotopic (exact) mass is 233 g/mol. The van der Waals surface area contributed by atoms with Crippen LogP contribution in [0.4, 0.5) is 4.79 Å². The van der Waals surface area contributed by atoms with Crippen LogP contribution in [-0.2, 0) is 9.53 Å². The molecule has 1 amide bonds. The molecule has 6 heteroatoms. The normalized spacial score (nSPS) is 13.1. The molecule has 94 valence electrons. The Morgan fingerprint density at radius 2 is 1.88 bits per heavy atom. The van der Waals surface area contributed by atoms with Gasteiger partial charge >= 0.3 is 12.1 Å². The number of carbonyl (C=O) groups is 2. The van der Waals surface area contributed by atoms with Crippen molar-refractivity contribution in [1.82, 2.24) is 4.90 Å². The molecule has 0 saturated carbocycles. The first kappa shape index (κ1) is 14.7. The number of aliphatic carboxylic acids is 1. The summed E-state index contributed by atoms with van der Waals surface area (Å²) in [6, 6.07) is -1.26. The molecule has 6 nitrogen and oxygen atoms in total. The molecule has 0 bridgehead atoms. The summed E-state index contributed by atoms with van der Waals surface area (Å²) >= 11 is 0. The lowest BCUT2D eigenvalue weighted by Gasteiger charge is -2.29. The minimum absolute atomic E-state index is 0.159. The van der Waals surface area contributed by atoms with Crippen LogP contribution in [0.2, 0.25) is 0 Å². The van der Waals surface area contributed by atoms with E-state index >= 15 is 0 Å². The molecule has 0 radical (unpaired) electrons. The molecule has 1 atom stereocenters. The van der Waals surface area contributed by atoms with Crippen molar-refractivity contribution < 1.29 is 24.5 Å². The lowest BCUT2D eigenvalue weighted by Crippen LogP contribution is -2.48. The number of carboxylic acids is 1. The van der Waals surface area contributed by atoms with Crippen LogP contribution >= 0.6 is 0 Å². The van der Waals surface area contributed by atoms with Crippen LogP contribution in [0.3, 0.4) is 0 Å². The summed E-state index contributed by atoms with van der Waals surface area (Å²) in [5.41, 5.74) is -0.691. The van der Waals surface area contributed by atoms with Gasteiger partial charge in [-0.15, -0.1) is 0 Å². The van der Waals surface area contributed by atoms with E-state index in [1.807, 2.05) is 0 Å². The molecule has 0 fully saturated rings.